The van der Waals surface area contributed by atoms with Gasteiger partial charge in [-0.2, -0.15) is 0 Å². The molecule has 0 atom stereocenters. The molecule has 1 heteroatoms. The summed E-state index contributed by atoms with van der Waals surface area (Å²) >= 11 is 0. The minimum atomic E-state index is 0.0921. The normalized spacial score (nSPS) is 20.1. The van der Waals surface area contributed by atoms with Crippen molar-refractivity contribution in [3.8, 4) is 0 Å². The Morgan fingerprint density at radius 2 is 1.95 bits per heavy atom. The summed E-state index contributed by atoms with van der Waals surface area (Å²) in [5, 5.41) is 8.80. The van der Waals surface area contributed by atoms with E-state index in [1.807, 2.05) is 19.1 Å². The van der Waals surface area contributed by atoms with E-state index in [0.29, 0.717) is 0 Å². The molecular formula is C20H28O. The lowest BCUT2D eigenvalue weighted by atomic mass is 9.75. The number of allylic oxidation sites excluding steroid dienone is 11. The zero-order chi connectivity index (χ0) is 15.9. The van der Waals surface area contributed by atoms with E-state index < -0.39 is 0 Å². The van der Waals surface area contributed by atoms with Crippen LogP contribution in [0.3, 0.4) is 0 Å². The quantitative estimate of drug-likeness (QED) is 0.680. The molecule has 0 spiro atoms. The zero-order valence-electron chi connectivity index (χ0n) is 14.0. The summed E-state index contributed by atoms with van der Waals surface area (Å²) in [6.45, 7) is 10.9. The van der Waals surface area contributed by atoms with Gasteiger partial charge in [-0.3, -0.25) is 0 Å². The monoisotopic (exact) mass is 284 g/mol. The van der Waals surface area contributed by atoms with Crippen molar-refractivity contribution in [2.75, 3.05) is 6.61 Å². The maximum atomic E-state index is 8.80. The Hall–Kier alpha value is -1.60. The van der Waals surface area contributed by atoms with E-state index in [-0.39, 0.29) is 12.0 Å². The Balaban J connectivity index is 2.80. The highest BCUT2D eigenvalue weighted by molar-refractivity contribution is 5.42. The molecule has 0 aromatic rings. The lowest BCUT2D eigenvalue weighted by Crippen LogP contribution is -2.16. The van der Waals surface area contributed by atoms with E-state index in [4.69, 9.17) is 5.11 Å². The summed E-state index contributed by atoms with van der Waals surface area (Å²) in [6, 6.07) is 0. The molecule has 0 aromatic heterocycles. The average molecular weight is 284 g/mol. The number of aliphatic hydroxyl groups excluding tert-OH is 1. The van der Waals surface area contributed by atoms with Crippen LogP contribution in [0.1, 0.15) is 41.0 Å². The summed E-state index contributed by atoms with van der Waals surface area (Å²) in [6.07, 6.45) is 17.9. The molecule has 0 aliphatic heterocycles. The first-order valence-electron chi connectivity index (χ1n) is 7.55. The molecule has 0 heterocycles. The number of hydrogen-bond donors (Lipinski definition) is 1. The van der Waals surface area contributed by atoms with Crippen LogP contribution >= 0.6 is 0 Å². The van der Waals surface area contributed by atoms with Crippen molar-refractivity contribution in [3.05, 3.63) is 70.9 Å². The van der Waals surface area contributed by atoms with Crippen LogP contribution in [0, 0.1) is 5.41 Å². The molecule has 21 heavy (non-hydrogen) atoms. The fraction of sp³-hybridized carbons (Fsp3) is 0.400. The lowest BCUT2D eigenvalue weighted by molar-refractivity contribution is 0.342. The van der Waals surface area contributed by atoms with Crippen molar-refractivity contribution < 1.29 is 5.11 Å². The summed E-state index contributed by atoms with van der Waals surface area (Å²) in [5.74, 6) is 0. The topological polar surface area (TPSA) is 20.2 Å². The summed E-state index contributed by atoms with van der Waals surface area (Å²) in [7, 11) is 0. The van der Waals surface area contributed by atoms with Crippen molar-refractivity contribution in [1.82, 2.24) is 0 Å². The number of aliphatic hydroxyl groups is 1. The van der Waals surface area contributed by atoms with Gasteiger partial charge in [-0.1, -0.05) is 73.6 Å². The van der Waals surface area contributed by atoms with Crippen molar-refractivity contribution in [1.29, 1.82) is 0 Å². The highest BCUT2D eigenvalue weighted by Crippen LogP contribution is 2.37. The molecule has 0 unspecified atom stereocenters. The van der Waals surface area contributed by atoms with Gasteiger partial charge in [-0.15, -0.1) is 0 Å². The Labute approximate surface area is 129 Å². The number of rotatable bonds is 5. The van der Waals surface area contributed by atoms with Crippen LogP contribution in [0.4, 0.5) is 0 Å². The second-order valence-electron chi connectivity index (χ2n) is 6.32. The fourth-order valence-electron chi connectivity index (χ4n) is 2.45. The summed E-state index contributed by atoms with van der Waals surface area (Å²) in [4.78, 5) is 0. The van der Waals surface area contributed by atoms with Crippen LogP contribution in [-0.4, -0.2) is 11.7 Å². The number of hydrogen-bond acceptors (Lipinski definition) is 1. The Kier molecular flexibility index (Phi) is 6.64. The highest BCUT2D eigenvalue weighted by atomic mass is 16.2. The molecule has 0 amide bonds. The van der Waals surface area contributed by atoms with Crippen LogP contribution in [0.5, 0.6) is 0 Å². The molecule has 0 bridgehead atoms. The second kappa shape index (κ2) is 7.99. The van der Waals surface area contributed by atoms with Gasteiger partial charge in [0.15, 0.2) is 0 Å². The van der Waals surface area contributed by atoms with Crippen LogP contribution in [-0.2, 0) is 0 Å². The predicted octanol–water partition coefficient (Wildman–Crippen LogP) is 5.29. The van der Waals surface area contributed by atoms with Gasteiger partial charge < -0.3 is 5.11 Å². The minimum absolute atomic E-state index is 0.0921. The van der Waals surface area contributed by atoms with Gasteiger partial charge in [0.1, 0.15) is 0 Å². The second-order valence-corrected chi connectivity index (χ2v) is 6.32. The SMILES string of the molecule is CC1=C(/C=C/C(C)=C/C=C/C(C)=C\CO)C(C)(C)CC=C1. The molecule has 0 saturated carbocycles. The van der Waals surface area contributed by atoms with E-state index in [1.165, 1.54) is 16.7 Å². The average Bonchev–Trinajstić information content (AvgIpc) is 2.37. The van der Waals surface area contributed by atoms with Gasteiger partial charge in [-0.25, -0.2) is 0 Å². The fourth-order valence-corrected chi connectivity index (χ4v) is 2.45. The van der Waals surface area contributed by atoms with Gasteiger partial charge in [0.25, 0.3) is 0 Å². The van der Waals surface area contributed by atoms with Crippen molar-refractivity contribution >= 4 is 0 Å². The zero-order valence-corrected chi connectivity index (χ0v) is 14.0. The predicted molar refractivity (Wildman–Crippen MR) is 93.1 cm³/mol. The molecule has 0 aromatic carbocycles. The van der Waals surface area contributed by atoms with E-state index in [1.54, 1.807) is 6.08 Å². The van der Waals surface area contributed by atoms with Gasteiger partial charge in [0, 0.05) is 0 Å². The van der Waals surface area contributed by atoms with Gasteiger partial charge in [-0.05, 0) is 43.8 Å². The van der Waals surface area contributed by atoms with Crippen LogP contribution in [0.25, 0.3) is 0 Å². The highest BCUT2D eigenvalue weighted by Gasteiger charge is 2.23. The third-order valence-electron chi connectivity index (χ3n) is 3.79. The molecule has 1 aliphatic rings. The Morgan fingerprint density at radius 3 is 2.57 bits per heavy atom. The van der Waals surface area contributed by atoms with E-state index >= 15 is 0 Å². The van der Waals surface area contributed by atoms with Crippen LogP contribution in [0.15, 0.2) is 70.9 Å². The lowest BCUT2D eigenvalue weighted by Gasteiger charge is -2.29. The van der Waals surface area contributed by atoms with Crippen LogP contribution in [0.2, 0.25) is 0 Å². The van der Waals surface area contributed by atoms with Crippen molar-refractivity contribution in [3.63, 3.8) is 0 Å². The van der Waals surface area contributed by atoms with Gasteiger partial charge in [0.2, 0.25) is 0 Å². The summed E-state index contributed by atoms with van der Waals surface area (Å²) in [5.41, 5.74) is 5.27. The first-order chi connectivity index (χ1) is 9.86. The van der Waals surface area contributed by atoms with E-state index in [9.17, 15) is 0 Å². The molecule has 114 valence electrons. The molecule has 1 nitrogen and oxygen atoms in total. The van der Waals surface area contributed by atoms with E-state index in [2.05, 4.69) is 58.1 Å². The van der Waals surface area contributed by atoms with Crippen molar-refractivity contribution in [2.45, 2.75) is 41.0 Å². The Bertz CT molecular complexity index is 534. The van der Waals surface area contributed by atoms with Gasteiger partial charge in [0.05, 0.1) is 6.61 Å². The van der Waals surface area contributed by atoms with Gasteiger partial charge >= 0.3 is 0 Å². The molecule has 1 aliphatic carbocycles. The first-order valence-corrected chi connectivity index (χ1v) is 7.55. The molecule has 1 N–H and O–H groups in total. The standard InChI is InChI=1S/C20H28O/c1-16(8-6-9-17(2)13-15-21)11-12-19-18(3)10-7-14-20(19,4)5/h6-13,21H,14-15H2,1-5H3/b9-6+,12-11+,16-8+,17-13-. The third kappa shape index (κ3) is 5.73. The Morgan fingerprint density at radius 1 is 1.24 bits per heavy atom. The minimum Gasteiger partial charge on any atom is -0.392 e. The maximum absolute atomic E-state index is 8.80. The maximum Gasteiger partial charge on any atom is 0.0617 e. The molecule has 1 rings (SSSR count). The molecular weight excluding hydrogens is 256 g/mol. The smallest absolute Gasteiger partial charge is 0.0617 e. The molecule has 0 fully saturated rings. The molecule has 0 saturated heterocycles. The first kappa shape index (κ1) is 17.5. The molecule has 0 radical (unpaired) electrons. The largest absolute Gasteiger partial charge is 0.392 e. The van der Waals surface area contributed by atoms with Crippen LogP contribution < -0.4 is 0 Å². The van der Waals surface area contributed by atoms with E-state index in [0.717, 1.165) is 12.0 Å². The van der Waals surface area contributed by atoms with Crippen molar-refractivity contribution in [2.24, 2.45) is 5.41 Å². The third-order valence-corrected chi connectivity index (χ3v) is 3.79. The summed E-state index contributed by atoms with van der Waals surface area (Å²) < 4.78 is 0.